The van der Waals surface area contributed by atoms with E-state index in [1.807, 2.05) is 13.2 Å². The quantitative estimate of drug-likeness (QED) is 0.381. The van der Waals surface area contributed by atoms with Crippen molar-refractivity contribution in [2.24, 2.45) is 4.99 Å². The molecule has 1 unspecified atom stereocenters. The molecular weight excluding hydrogens is 461 g/mol. The lowest BCUT2D eigenvalue weighted by Gasteiger charge is -2.18. The van der Waals surface area contributed by atoms with E-state index in [4.69, 9.17) is 0 Å². The first kappa shape index (κ1) is 20.9. The van der Waals surface area contributed by atoms with Gasteiger partial charge in [0.2, 0.25) is 0 Å². The fraction of sp³-hybridized carbons (Fsp3) is 0.455. The summed E-state index contributed by atoms with van der Waals surface area (Å²) in [5, 5.41) is 6.95. The van der Waals surface area contributed by atoms with Gasteiger partial charge in [-0.05, 0) is 54.5 Å². The van der Waals surface area contributed by atoms with Gasteiger partial charge in [-0.25, -0.2) is 4.98 Å². The number of hydrogen-bond acceptors (Lipinski definition) is 3. The Labute approximate surface area is 185 Å². The molecule has 2 heterocycles. The Morgan fingerprint density at radius 2 is 2.00 bits per heavy atom. The SMILES string of the molecule is CN=C(NCc1ccnc(N2CCCC2)c1)NCC1CCc2ccccc21.I. The van der Waals surface area contributed by atoms with Crippen molar-refractivity contribution in [1.29, 1.82) is 0 Å². The molecule has 0 spiro atoms. The summed E-state index contributed by atoms with van der Waals surface area (Å²) in [6, 6.07) is 13.1. The highest BCUT2D eigenvalue weighted by atomic mass is 127. The maximum atomic E-state index is 4.53. The zero-order valence-electron chi connectivity index (χ0n) is 16.5. The lowest BCUT2D eigenvalue weighted by Crippen LogP contribution is -2.38. The van der Waals surface area contributed by atoms with Crippen LogP contribution < -0.4 is 15.5 Å². The average Bonchev–Trinajstić information content (AvgIpc) is 3.39. The number of nitrogens with one attached hydrogen (secondary N) is 2. The van der Waals surface area contributed by atoms with Gasteiger partial charge in [-0.2, -0.15) is 0 Å². The van der Waals surface area contributed by atoms with Gasteiger partial charge in [0.15, 0.2) is 5.96 Å². The van der Waals surface area contributed by atoms with Crippen LogP contribution in [-0.4, -0.2) is 37.6 Å². The van der Waals surface area contributed by atoms with Crippen molar-refractivity contribution in [2.75, 3.05) is 31.6 Å². The zero-order valence-corrected chi connectivity index (χ0v) is 18.9. The third-order valence-electron chi connectivity index (χ3n) is 5.70. The minimum atomic E-state index is 0. The predicted molar refractivity (Wildman–Crippen MR) is 127 cm³/mol. The molecule has 6 heteroatoms. The van der Waals surface area contributed by atoms with Crippen LogP contribution in [0.3, 0.4) is 0 Å². The van der Waals surface area contributed by atoms with E-state index in [9.17, 15) is 0 Å². The molecule has 1 aliphatic heterocycles. The number of anilines is 1. The van der Waals surface area contributed by atoms with E-state index in [-0.39, 0.29) is 24.0 Å². The van der Waals surface area contributed by atoms with Crippen molar-refractivity contribution in [3.05, 3.63) is 59.3 Å². The number of halogens is 1. The van der Waals surface area contributed by atoms with Crippen LogP contribution >= 0.6 is 24.0 Å². The van der Waals surface area contributed by atoms with E-state index in [0.29, 0.717) is 5.92 Å². The highest BCUT2D eigenvalue weighted by Gasteiger charge is 2.21. The number of hydrogen-bond donors (Lipinski definition) is 2. The van der Waals surface area contributed by atoms with Crippen LogP contribution in [0.25, 0.3) is 0 Å². The van der Waals surface area contributed by atoms with Crippen LogP contribution in [0.1, 0.15) is 41.9 Å². The standard InChI is InChI=1S/C22H29N5.HI/c1-23-22(26-16-19-9-8-18-6-2-3-7-20(18)19)25-15-17-10-11-24-21(14-17)27-12-4-5-13-27;/h2-3,6-7,10-11,14,19H,4-5,8-9,12-13,15-16H2,1H3,(H2,23,25,26);1H. The van der Waals surface area contributed by atoms with E-state index < -0.39 is 0 Å². The van der Waals surface area contributed by atoms with Crippen molar-refractivity contribution in [1.82, 2.24) is 15.6 Å². The van der Waals surface area contributed by atoms with Crippen LogP contribution in [-0.2, 0) is 13.0 Å². The Morgan fingerprint density at radius 3 is 2.82 bits per heavy atom. The minimum absolute atomic E-state index is 0. The van der Waals surface area contributed by atoms with Crippen LogP contribution in [0.15, 0.2) is 47.6 Å². The van der Waals surface area contributed by atoms with Gasteiger partial charge in [0.25, 0.3) is 0 Å². The fourth-order valence-corrected chi connectivity index (χ4v) is 4.17. The maximum Gasteiger partial charge on any atom is 0.191 e. The highest BCUT2D eigenvalue weighted by Crippen LogP contribution is 2.32. The number of guanidine groups is 1. The first-order valence-electron chi connectivity index (χ1n) is 10.1. The number of rotatable bonds is 5. The topological polar surface area (TPSA) is 52.6 Å². The molecule has 0 bridgehead atoms. The number of aliphatic imine (C=N–C) groups is 1. The van der Waals surface area contributed by atoms with Gasteiger partial charge in [-0.15, -0.1) is 24.0 Å². The van der Waals surface area contributed by atoms with Crippen molar-refractivity contribution in [3.63, 3.8) is 0 Å². The molecule has 1 aliphatic carbocycles. The molecule has 2 N–H and O–H groups in total. The van der Waals surface area contributed by atoms with Gasteiger partial charge < -0.3 is 15.5 Å². The minimum Gasteiger partial charge on any atom is -0.357 e. The Morgan fingerprint density at radius 1 is 1.18 bits per heavy atom. The smallest absolute Gasteiger partial charge is 0.191 e. The molecule has 0 saturated carbocycles. The van der Waals surface area contributed by atoms with Gasteiger partial charge in [0.05, 0.1) is 0 Å². The van der Waals surface area contributed by atoms with E-state index >= 15 is 0 Å². The zero-order chi connectivity index (χ0) is 18.5. The molecule has 150 valence electrons. The average molecular weight is 491 g/mol. The van der Waals surface area contributed by atoms with Gasteiger partial charge in [0, 0.05) is 45.3 Å². The molecule has 1 fully saturated rings. The first-order chi connectivity index (χ1) is 13.3. The maximum absolute atomic E-state index is 4.53. The second-order valence-corrected chi connectivity index (χ2v) is 7.46. The van der Waals surface area contributed by atoms with Gasteiger partial charge in [-0.3, -0.25) is 4.99 Å². The second-order valence-electron chi connectivity index (χ2n) is 7.46. The molecule has 4 rings (SSSR count). The normalized spacial score (nSPS) is 18.5. The third-order valence-corrected chi connectivity index (χ3v) is 5.70. The lowest BCUT2D eigenvalue weighted by atomic mass is 10.0. The molecule has 1 saturated heterocycles. The molecule has 5 nitrogen and oxygen atoms in total. The van der Waals surface area contributed by atoms with Gasteiger partial charge in [-0.1, -0.05) is 24.3 Å². The van der Waals surface area contributed by atoms with E-state index in [1.54, 1.807) is 0 Å². The van der Waals surface area contributed by atoms with Gasteiger partial charge in [0.1, 0.15) is 5.82 Å². The Kier molecular flexibility index (Phi) is 7.53. The highest BCUT2D eigenvalue weighted by molar-refractivity contribution is 14.0. The number of aryl methyl sites for hydroxylation is 1. The molecular formula is C22H30IN5. The third kappa shape index (κ3) is 4.96. The van der Waals surface area contributed by atoms with Crippen LogP contribution in [0.2, 0.25) is 0 Å². The Hall–Kier alpha value is -1.83. The van der Waals surface area contributed by atoms with Crippen LogP contribution in [0, 0.1) is 0 Å². The summed E-state index contributed by atoms with van der Waals surface area (Å²) in [4.78, 5) is 11.3. The predicted octanol–water partition coefficient (Wildman–Crippen LogP) is 3.69. The van der Waals surface area contributed by atoms with Crippen molar-refractivity contribution in [3.8, 4) is 0 Å². The summed E-state index contributed by atoms with van der Waals surface area (Å²) in [5.41, 5.74) is 4.23. The fourth-order valence-electron chi connectivity index (χ4n) is 4.17. The number of fused-ring (bicyclic) bond motifs is 1. The summed E-state index contributed by atoms with van der Waals surface area (Å²) in [5.74, 6) is 2.53. The Balaban J connectivity index is 0.00000225. The van der Waals surface area contributed by atoms with E-state index in [0.717, 1.165) is 38.0 Å². The molecule has 28 heavy (non-hydrogen) atoms. The van der Waals surface area contributed by atoms with Crippen molar-refractivity contribution < 1.29 is 0 Å². The van der Waals surface area contributed by atoms with E-state index in [1.165, 1.54) is 42.4 Å². The number of nitrogens with zero attached hydrogens (tertiary/aromatic N) is 3. The second kappa shape index (κ2) is 10.1. The van der Waals surface area contributed by atoms with Crippen molar-refractivity contribution >= 4 is 35.8 Å². The van der Waals surface area contributed by atoms with Crippen molar-refractivity contribution in [2.45, 2.75) is 38.1 Å². The van der Waals surface area contributed by atoms with Crippen LogP contribution in [0.5, 0.6) is 0 Å². The lowest BCUT2D eigenvalue weighted by molar-refractivity contribution is 0.641. The molecule has 1 atom stereocenters. The molecule has 0 radical (unpaired) electrons. The van der Waals surface area contributed by atoms with Crippen LogP contribution in [0.4, 0.5) is 5.82 Å². The molecule has 2 aliphatic rings. The molecule has 1 aromatic carbocycles. The Bertz CT molecular complexity index is 801. The summed E-state index contributed by atoms with van der Waals surface area (Å²) >= 11 is 0. The molecule has 2 aromatic rings. The summed E-state index contributed by atoms with van der Waals surface area (Å²) in [6.45, 7) is 3.92. The molecule has 1 aromatic heterocycles. The number of benzene rings is 1. The summed E-state index contributed by atoms with van der Waals surface area (Å²) in [6.07, 6.45) is 6.85. The largest absolute Gasteiger partial charge is 0.357 e. The summed E-state index contributed by atoms with van der Waals surface area (Å²) < 4.78 is 0. The first-order valence-corrected chi connectivity index (χ1v) is 10.1. The summed E-state index contributed by atoms with van der Waals surface area (Å²) in [7, 11) is 1.83. The number of pyridine rings is 1. The monoisotopic (exact) mass is 491 g/mol. The molecule has 0 amide bonds. The number of aromatic nitrogens is 1. The van der Waals surface area contributed by atoms with E-state index in [2.05, 4.69) is 61.9 Å². The van der Waals surface area contributed by atoms with Gasteiger partial charge >= 0.3 is 0 Å².